The van der Waals surface area contributed by atoms with E-state index in [0.29, 0.717) is 5.69 Å². The minimum absolute atomic E-state index is 0.348. The van der Waals surface area contributed by atoms with Gasteiger partial charge in [-0.05, 0) is 44.2 Å². The van der Waals surface area contributed by atoms with Crippen molar-refractivity contribution in [2.45, 2.75) is 13.8 Å². The molecule has 1 heterocycles. The number of hydrogen-bond acceptors (Lipinski definition) is 4. The lowest BCUT2D eigenvalue weighted by Crippen LogP contribution is -2.20. The van der Waals surface area contributed by atoms with E-state index in [1.807, 2.05) is 67.1 Å². The number of benzene rings is 2. The molecule has 1 amide bonds. The molecule has 28 heavy (non-hydrogen) atoms. The molecule has 0 atom stereocenters. The van der Waals surface area contributed by atoms with Crippen molar-refractivity contribution in [2.75, 3.05) is 11.9 Å². The van der Waals surface area contributed by atoms with Gasteiger partial charge >= 0.3 is 5.97 Å². The van der Waals surface area contributed by atoms with Gasteiger partial charge in [-0.1, -0.05) is 36.4 Å². The summed E-state index contributed by atoms with van der Waals surface area (Å²) < 4.78 is 6.83. The summed E-state index contributed by atoms with van der Waals surface area (Å²) in [5.74, 6) is -0.980. The summed E-state index contributed by atoms with van der Waals surface area (Å²) in [6, 6.07) is 18.8. The quantitative estimate of drug-likeness (QED) is 0.527. The average molecular weight is 375 g/mol. The van der Waals surface area contributed by atoms with Gasteiger partial charge < -0.3 is 10.1 Å². The van der Waals surface area contributed by atoms with Crippen molar-refractivity contribution in [2.24, 2.45) is 0 Å². The van der Waals surface area contributed by atoms with Crippen molar-refractivity contribution in [1.82, 2.24) is 9.78 Å². The number of aryl methyl sites for hydroxylation is 1. The number of hydrogen-bond donors (Lipinski definition) is 1. The van der Waals surface area contributed by atoms with E-state index in [1.165, 1.54) is 6.08 Å². The van der Waals surface area contributed by atoms with E-state index >= 15 is 0 Å². The highest BCUT2D eigenvalue weighted by molar-refractivity contribution is 5.94. The third kappa shape index (κ3) is 4.73. The van der Waals surface area contributed by atoms with Crippen molar-refractivity contribution < 1.29 is 14.3 Å². The first-order valence-corrected chi connectivity index (χ1v) is 8.86. The Labute approximate surface area is 163 Å². The molecule has 0 bridgehead atoms. The molecule has 6 nitrogen and oxygen atoms in total. The Kier molecular flexibility index (Phi) is 6.01. The van der Waals surface area contributed by atoms with Gasteiger partial charge in [0.15, 0.2) is 6.61 Å². The molecule has 1 aromatic heterocycles. The third-order valence-corrected chi connectivity index (χ3v) is 4.14. The Balaban J connectivity index is 1.60. The van der Waals surface area contributed by atoms with Crippen LogP contribution in [0.4, 0.5) is 5.69 Å². The zero-order valence-electron chi connectivity index (χ0n) is 15.8. The maximum Gasteiger partial charge on any atom is 0.331 e. The number of nitrogens with one attached hydrogen (secondary N) is 1. The molecule has 0 saturated carbocycles. The highest BCUT2D eigenvalue weighted by atomic mass is 16.5. The monoisotopic (exact) mass is 375 g/mol. The van der Waals surface area contributed by atoms with Crippen LogP contribution in [0.2, 0.25) is 0 Å². The number of esters is 1. The number of nitrogens with zero attached hydrogens (tertiary/aromatic N) is 2. The van der Waals surface area contributed by atoms with Gasteiger partial charge in [-0.25, -0.2) is 9.48 Å². The fourth-order valence-electron chi connectivity index (χ4n) is 2.77. The lowest BCUT2D eigenvalue weighted by atomic mass is 10.2. The van der Waals surface area contributed by atoms with Gasteiger partial charge in [0.1, 0.15) is 0 Å². The highest BCUT2D eigenvalue weighted by Gasteiger charge is 2.11. The molecular formula is C22H21N3O3. The van der Waals surface area contributed by atoms with Gasteiger partial charge in [0, 0.05) is 23.0 Å². The first-order chi connectivity index (χ1) is 13.5. The number of amides is 1. The largest absolute Gasteiger partial charge is 0.452 e. The normalized spacial score (nSPS) is 10.8. The predicted octanol–water partition coefficient (Wildman–Crippen LogP) is 3.68. The summed E-state index contributed by atoms with van der Waals surface area (Å²) in [6.45, 7) is 3.47. The molecule has 1 N–H and O–H groups in total. The van der Waals surface area contributed by atoms with Crippen LogP contribution in [0.15, 0.2) is 66.7 Å². The van der Waals surface area contributed by atoms with Gasteiger partial charge in [-0.15, -0.1) is 0 Å². The molecule has 0 saturated heterocycles. The molecule has 6 heteroatoms. The van der Waals surface area contributed by atoms with E-state index in [2.05, 4.69) is 10.4 Å². The minimum Gasteiger partial charge on any atom is -0.452 e. The fourth-order valence-corrected chi connectivity index (χ4v) is 2.77. The maximum atomic E-state index is 12.0. The molecule has 0 aliphatic rings. The summed E-state index contributed by atoms with van der Waals surface area (Å²) in [5, 5.41) is 7.19. The zero-order valence-corrected chi connectivity index (χ0v) is 15.8. The van der Waals surface area contributed by atoms with Gasteiger partial charge in [-0.3, -0.25) is 4.79 Å². The Morgan fingerprint density at radius 2 is 1.68 bits per heavy atom. The zero-order chi connectivity index (χ0) is 19.9. The van der Waals surface area contributed by atoms with Crippen LogP contribution in [0.1, 0.15) is 17.0 Å². The Bertz CT molecular complexity index is 993. The number of carbonyl (C=O) groups excluding carboxylic acids is 2. The summed E-state index contributed by atoms with van der Waals surface area (Å²) in [6.07, 6.45) is 2.97. The Morgan fingerprint density at radius 3 is 2.36 bits per heavy atom. The summed E-state index contributed by atoms with van der Waals surface area (Å²) in [5.41, 5.74) is 4.15. The van der Waals surface area contributed by atoms with Crippen LogP contribution in [0.5, 0.6) is 0 Å². The summed E-state index contributed by atoms with van der Waals surface area (Å²) in [4.78, 5) is 23.8. The molecule has 0 radical (unpaired) electrons. The van der Waals surface area contributed by atoms with E-state index in [4.69, 9.17) is 4.74 Å². The van der Waals surface area contributed by atoms with Crippen LogP contribution in [0.25, 0.3) is 11.8 Å². The van der Waals surface area contributed by atoms with E-state index < -0.39 is 11.9 Å². The molecule has 0 aliphatic carbocycles. The molecule has 0 aliphatic heterocycles. The third-order valence-electron chi connectivity index (χ3n) is 4.14. The number of para-hydroxylation sites is 2. The second kappa shape index (κ2) is 8.81. The Hall–Kier alpha value is -3.67. The summed E-state index contributed by atoms with van der Waals surface area (Å²) in [7, 11) is 0. The molecular weight excluding hydrogens is 354 g/mol. The molecule has 3 rings (SSSR count). The van der Waals surface area contributed by atoms with Crippen LogP contribution in [0.3, 0.4) is 0 Å². The standard InChI is InChI=1S/C22H21N3O3/c1-16-20(17(2)25(24-16)19-11-7-4-8-12-19)13-14-22(27)28-15-21(26)23-18-9-5-3-6-10-18/h3-14H,15H2,1-2H3,(H,23,26)/b14-13+. The molecule has 2 aromatic carbocycles. The molecule has 0 unspecified atom stereocenters. The molecule has 3 aromatic rings. The van der Waals surface area contributed by atoms with Crippen LogP contribution >= 0.6 is 0 Å². The predicted molar refractivity (Wildman–Crippen MR) is 108 cm³/mol. The summed E-state index contributed by atoms with van der Waals surface area (Å²) >= 11 is 0. The average Bonchev–Trinajstić information content (AvgIpc) is 3.00. The van der Waals surface area contributed by atoms with Crippen molar-refractivity contribution in [3.05, 3.63) is 83.7 Å². The van der Waals surface area contributed by atoms with Crippen molar-refractivity contribution in [3.63, 3.8) is 0 Å². The SMILES string of the molecule is Cc1nn(-c2ccccc2)c(C)c1/C=C/C(=O)OCC(=O)Nc1ccccc1. The number of aromatic nitrogens is 2. The molecule has 142 valence electrons. The van der Waals surface area contributed by atoms with Gasteiger partial charge in [-0.2, -0.15) is 5.10 Å². The number of rotatable bonds is 6. The Morgan fingerprint density at radius 1 is 1.04 bits per heavy atom. The highest BCUT2D eigenvalue weighted by Crippen LogP contribution is 2.19. The van der Waals surface area contributed by atoms with E-state index in [-0.39, 0.29) is 6.61 Å². The smallest absolute Gasteiger partial charge is 0.331 e. The van der Waals surface area contributed by atoms with Crippen molar-refractivity contribution in [1.29, 1.82) is 0 Å². The van der Waals surface area contributed by atoms with Crippen molar-refractivity contribution in [3.8, 4) is 5.69 Å². The van der Waals surface area contributed by atoms with E-state index in [9.17, 15) is 9.59 Å². The van der Waals surface area contributed by atoms with Gasteiger partial charge in [0.05, 0.1) is 11.4 Å². The number of ether oxygens (including phenoxy) is 1. The lowest BCUT2D eigenvalue weighted by molar-refractivity contribution is -0.142. The number of carbonyl (C=O) groups is 2. The number of anilines is 1. The molecule has 0 spiro atoms. The van der Waals surface area contributed by atoms with Crippen LogP contribution in [-0.2, 0) is 14.3 Å². The van der Waals surface area contributed by atoms with Crippen LogP contribution < -0.4 is 5.32 Å². The van der Waals surface area contributed by atoms with E-state index in [0.717, 1.165) is 22.6 Å². The van der Waals surface area contributed by atoms with Crippen LogP contribution in [0, 0.1) is 13.8 Å². The first-order valence-electron chi connectivity index (χ1n) is 8.86. The first kappa shape index (κ1) is 19.1. The van der Waals surface area contributed by atoms with Gasteiger partial charge in [0.2, 0.25) is 0 Å². The maximum absolute atomic E-state index is 12.0. The van der Waals surface area contributed by atoms with Crippen molar-refractivity contribution >= 4 is 23.6 Å². The molecule has 0 fully saturated rings. The van der Waals surface area contributed by atoms with Gasteiger partial charge in [0.25, 0.3) is 5.91 Å². The fraction of sp³-hybridized carbons (Fsp3) is 0.136. The van der Waals surface area contributed by atoms with Crippen LogP contribution in [-0.4, -0.2) is 28.3 Å². The van der Waals surface area contributed by atoms with E-state index in [1.54, 1.807) is 18.2 Å². The second-order valence-electron chi connectivity index (χ2n) is 6.19. The minimum atomic E-state index is -0.588. The lowest BCUT2D eigenvalue weighted by Gasteiger charge is -2.05. The second-order valence-corrected chi connectivity index (χ2v) is 6.19. The topological polar surface area (TPSA) is 73.2 Å².